The minimum Gasteiger partial charge on any atom is -0.465 e. The Morgan fingerprint density at radius 2 is 2.03 bits per heavy atom. The molecule has 4 aromatic rings. The SMILES string of the molecule is CCCCC/C=C/Oc1ccc(C(=O)Nc2cccc3c(=O)cc(-c4nnn[nH]4)oc23)cc1. The van der Waals surface area contributed by atoms with E-state index >= 15 is 0 Å². The maximum Gasteiger partial charge on any atom is 0.255 e. The largest absolute Gasteiger partial charge is 0.465 e. The molecule has 4 rings (SSSR count). The molecule has 0 spiro atoms. The first-order chi connectivity index (χ1) is 16.2. The number of carbonyl (C=O) groups excluding carboxylic acids is 1. The number of nitrogens with one attached hydrogen (secondary N) is 2. The number of fused-ring (bicyclic) bond motifs is 1. The summed E-state index contributed by atoms with van der Waals surface area (Å²) >= 11 is 0. The lowest BCUT2D eigenvalue weighted by molar-refractivity contribution is 0.102. The van der Waals surface area contributed by atoms with Crippen molar-refractivity contribution in [2.24, 2.45) is 0 Å². The molecule has 0 radical (unpaired) electrons. The number of para-hydroxylation sites is 1. The third kappa shape index (κ3) is 5.32. The number of aromatic nitrogens is 4. The van der Waals surface area contributed by atoms with Gasteiger partial charge in [-0.2, -0.15) is 0 Å². The number of nitrogens with zero attached hydrogens (tertiary/aromatic N) is 3. The van der Waals surface area contributed by atoms with Crippen molar-refractivity contribution >= 4 is 22.6 Å². The highest BCUT2D eigenvalue weighted by molar-refractivity contribution is 6.08. The van der Waals surface area contributed by atoms with Crippen LogP contribution in [0.3, 0.4) is 0 Å². The zero-order valence-electron chi connectivity index (χ0n) is 18.1. The van der Waals surface area contributed by atoms with E-state index in [0.717, 1.165) is 12.8 Å². The van der Waals surface area contributed by atoms with Crippen LogP contribution in [0, 0.1) is 0 Å². The standard InChI is InChI=1S/C24H23N5O4/c1-2-3-4-5-6-14-32-17-12-10-16(11-13-17)24(31)25-19-9-7-8-18-20(30)15-21(33-22(18)19)23-26-28-29-27-23/h6-15H,2-5H2,1H3,(H,25,31)(H,26,27,28,29)/b14-6+. The molecule has 0 saturated carbocycles. The Bertz CT molecular complexity index is 1310. The number of amides is 1. The van der Waals surface area contributed by atoms with Crippen LogP contribution in [-0.4, -0.2) is 26.5 Å². The molecule has 2 heterocycles. The van der Waals surface area contributed by atoms with Crippen LogP contribution in [0.25, 0.3) is 22.6 Å². The van der Waals surface area contributed by atoms with Crippen molar-refractivity contribution in [2.45, 2.75) is 32.6 Å². The number of allylic oxidation sites excluding steroid dienone is 1. The van der Waals surface area contributed by atoms with Crippen LogP contribution in [0.15, 0.2) is 70.1 Å². The first-order valence-corrected chi connectivity index (χ1v) is 10.7. The highest BCUT2D eigenvalue weighted by Crippen LogP contribution is 2.26. The van der Waals surface area contributed by atoms with Crippen LogP contribution in [0.4, 0.5) is 5.69 Å². The van der Waals surface area contributed by atoms with Gasteiger partial charge in [-0.25, -0.2) is 5.10 Å². The number of carbonyl (C=O) groups is 1. The topological polar surface area (TPSA) is 123 Å². The molecule has 0 fully saturated rings. The molecular weight excluding hydrogens is 422 g/mol. The molecule has 0 atom stereocenters. The van der Waals surface area contributed by atoms with Gasteiger partial charge >= 0.3 is 0 Å². The fourth-order valence-corrected chi connectivity index (χ4v) is 3.24. The van der Waals surface area contributed by atoms with Crippen LogP contribution in [0.2, 0.25) is 0 Å². The van der Waals surface area contributed by atoms with E-state index in [4.69, 9.17) is 9.15 Å². The van der Waals surface area contributed by atoms with E-state index in [2.05, 4.69) is 32.9 Å². The second-order valence-corrected chi connectivity index (χ2v) is 7.37. The van der Waals surface area contributed by atoms with Gasteiger partial charge in [0.05, 0.1) is 17.3 Å². The zero-order valence-corrected chi connectivity index (χ0v) is 18.1. The van der Waals surface area contributed by atoms with E-state index in [0.29, 0.717) is 22.4 Å². The van der Waals surface area contributed by atoms with Gasteiger partial charge in [-0.05, 0) is 65.7 Å². The molecule has 33 heavy (non-hydrogen) atoms. The number of aromatic amines is 1. The molecule has 0 aliphatic heterocycles. The van der Waals surface area contributed by atoms with Crippen LogP contribution in [-0.2, 0) is 0 Å². The normalized spacial score (nSPS) is 11.2. The van der Waals surface area contributed by atoms with Crippen LogP contribution in [0.1, 0.15) is 43.0 Å². The number of H-pyrrole nitrogens is 1. The van der Waals surface area contributed by atoms with E-state index in [1.54, 1.807) is 48.7 Å². The highest BCUT2D eigenvalue weighted by atomic mass is 16.5. The lowest BCUT2D eigenvalue weighted by Crippen LogP contribution is -2.13. The van der Waals surface area contributed by atoms with Crippen molar-refractivity contribution in [3.63, 3.8) is 0 Å². The molecule has 2 aromatic carbocycles. The van der Waals surface area contributed by atoms with Gasteiger partial charge < -0.3 is 14.5 Å². The number of tetrazole rings is 1. The van der Waals surface area contributed by atoms with Crippen molar-refractivity contribution in [3.8, 4) is 17.3 Å². The van der Waals surface area contributed by atoms with Gasteiger partial charge in [-0.15, -0.1) is 5.10 Å². The Kier molecular flexibility index (Phi) is 6.89. The molecule has 0 bridgehead atoms. The minimum atomic E-state index is -0.349. The van der Waals surface area contributed by atoms with Gasteiger partial charge in [0.2, 0.25) is 5.82 Å². The predicted octanol–water partition coefficient (Wildman–Crippen LogP) is 4.70. The molecule has 0 aliphatic carbocycles. The van der Waals surface area contributed by atoms with Gasteiger partial charge in [0, 0.05) is 11.6 Å². The van der Waals surface area contributed by atoms with Crippen molar-refractivity contribution in [3.05, 3.63) is 76.7 Å². The number of rotatable bonds is 9. The van der Waals surface area contributed by atoms with E-state index in [-0.39, 0.29) is 28.5 Å². The summed E-state index contributed by atoms with van der Waals surface area (Å²) in [4.78, 5) is 25.3. The first kappa shape index (κ1) is 21.9. The lowest BCUT2D eigenvalue weighted by atomic mass is 10.1. The van der Waals surface area contributed by atoms with Crippen LogP contribution in [0.5, 0.6) is 5.75 Å². The maximum absolute atomic E-state index is 12.8. The Hall–Kier alpha value is -4.27. The van der Waals surface area contributed by atoms with Crippen molar-refractivity contribution in [1.82, 2.24) is 20.6 Å². The Morgan fingerprint density at radius 1 is 1.18 bits per heavy atom. The van der Waals surface area contributed by atoms with Crippen molar-refractivity contribution in [1.29, 1.82) is 0 Å². The third-order valence-electron chi connectivity index (χ3n) is 4.97. The second-order valence-electron chi connectivity index (χ2n) is 7.37. The zero-order chi connectivity index (χ0) is 23.0. The molecule has 9 nitrogen and oxygen atoms in total. The summed E-state index contributed by atoms with van der Waals surface area (Å²) in [5.41, 5.74) is 0.754. The van der Waals surface area contributed by atoms with Gasteiger partial charge in [0.15, 0.2) is 16.8 Å². The lowest BCUT2D eigenvalue weighted by Gasteiger charge is -2.09. The average molecular weight is 445 g/mol. The number of benzene rings is 2. The molecule has 2 N–H and O–H groups in total. The van der Waals surface area contributed by atoms with Gasteiger partial charge in [-0.3, -0.25) is 9.59 Å². The molecular formula is C24H23N5O4. The Balaban J connectivity index is 1.49. The van der Waals surface area contributed by atoms with E-state index in [1.807, 2.05) is 6.08 Å². The quantitative estimate of drug-likeness (QED) is 0.283. The molecule has 0 unspecified atom stereocenters. The Morgan fingerprint density at radius 3 is 2.79 bits per heavy atom. The summed E-state index contributed by atoms with van der Waals surface area (Å²) in [6.45, 7) is 2.17. The molecule has 0 saturated heterocycles. The van der Waals surface area contributed by atoms with Crippen molar-refractivity contribution < 1.29 is 13.9 Å². The average Bonchev–Trinajstić information content (AvgIpc) is 3.37. The summed E-state index contributed by atoms with van der Waals surface area (Å²) in [6.07, 6.45) is 8.17. The predicted molar refractivity (Wildman–Crippen MR) is 124 cm³/mol. The number of ether oxygens (including phenoxy) is 1. The minimum absolute atomic E-state index is 0.170. The molecule has 2 aromatic heterocycles. The summed E-state index contributed by atoms with van der Waals surface area (Å²) in [5, 5.41) is 16.4. The summed E-state index contributed by atoms with van der Waals surface area (Å²) < 4.78 is 11.4. The molecule has 9 heteroatoms. The van der Waals surface area contributed by atoms with Gasteiger partial charge in [-0.1, -0.05) is 25.8 Å². The highest BCUT2D eigenvalue weighted by Gasteiger charge is 2.15. The summed E-state index contributed by atoms with van der Waals surface area (Å²) in [5.74, 6) is 0.673. The number of hydrogen-bond donors (Lipinski definition) is 2. The fraction of sp³-hybridized carbons (Fsp3) is 0.208. The molecule has 0 aliphatic rings. The van der Waals surface area contributed by atoms with Crippen LogP contribution < -0.4 is 15.5 Å². The molecule has 168 valence electrons. The van der Waals surface area contributed by atoms with E-state index in [1.165, 1.54) is 18.9 Å². The summed E-state index contributed by atoms with van der Waals surface area (Å²) in [6, 6.07) is 13.0. The second kappa shape index (κ2) is 10.4. The monoisotopic (exact) mass is 445 g/mol. The fourth-order valence-electron chi connectivity index (χ4n) is 3.24. The Labute approximate surface area is 189 Å². The summed E-state index contributed by atoms with van der Waals surface area (Å²) in [7, 11) is 0. The third-order valence-corrected chi connectivity index (χ3v) is 4.97. The van der Waals surface area contributed by atoms with Crippen molar-refractivity contribution in [2.75, 3.05) is 5.32 Å². The first-order valence-electron chi connectivity index (χ1n) is 10.7. The molecule has 1 amide bonds. The van der Waals surface area contributed by atoms with Gasteiger partial charge in [0.25, 0.3) is 5.91 Å². The number of unbranched alkanes of at least 4 members (excludes halogenated alkanes) is 3. The van der Waals surface area contributed by atoms with Crippen LogP contribution >= 0.6 is 0 Å². The number of hydrogen-bond acceptors (Lipinski definition) is 7. The number of anilines is 1. The van der Waals surface area contributed by atoms with E-state index in [9.17, 15) is 9.59 Å². The maximum atomic E-state index is 12.8. The van der Waals surface area contributed by atoms with E-state index < -0.39 is 0 Å². The van der Waals surface area contributed by atoms with Gasteiger partial charge in [0.1, 0.15) is 5.75 Å². The smallest absolute Gasteiger partial charge is 0.255 e.